The van der Waals surface area contributed by atoms with Crippen LogP contribution in [0.5, 0.6) is 0 Å². The summed E-state index contributed by atoms with van der Waals surface area (Å²) in [6.45, 7) is 1.91. The summed E-state index contributed by atoms with van der Waals surface area (Å²) < 4.78 is 0. The minimum absolute atomic E-state index is 0.209. The minimum Gasteiger partial charge on any atom is -0.324 e. The molecule has 0 saturated heterocycles. The van der Waals surface area contributed by atoms with Gasteiger partial charge in [-0.25, -0.2) is 0 Å². The summed E-state index contributed by atoms with van der Waals surface area (Å²) in [5.74, 6) is -0.209. The fraction of sp³-hybridized carbons (Fsp3) is 0.188. The standard InChI is InChI=1S/C16H17ClN2O/c1-11-7-8-13(17)10-15(11)19-16(20)14(18)9-12-5-3-2-4-6-12/h2-8,10,14H,9,18H2,1H3,(H,19,20). The maximum absolute atomic E-state index is 12.1. The predicted octanol–water partition coefficient (Wildman–Crippen LogP) is 3.16. The Labute approximate surface area is 123 Å². The smallest absolute Gasteiger partial charge is 0.241 e. The molecule has 3 nitrogen and oxygen atoms in total. The second kappa shape index (κ2) is 6.55. The van der Waals surface area contributed by atoms with Gasteiger partial charge < -0.3 is 11.1 Å². The number of hydrogen-bond acceptors (Lipinski definition) is 2. The molecule has 0 aliphatic rings. The molecule has 2 aromatic rings. The van der Waals surface area contributed by atoms with Gasteiger partial charge in [0.2, 0.25) is 5.91 Å². The third-order valence-electron chi connectivity index (χ3n) is 3.09. The van der Waals surface area contributed by atoms with E-state index >= 15 is 0 Å². The molecule has 0 fully saturated rings. The first-order valence-corrected chi connectivity index (χ1v) is 6.80. The Bertz CT molecular complexity index is 599. The van der Waals surface area contributed by atoms with Crippen LogP contribution in [-0.2, 0) is 11.2 Å². The number of nitrogens with two attached hydrogens (primary N) is 1. The first-order chi connectivity index (χ1) is 9.56. The molecule has 0 aliphatic carbocycles. The summed E-state index contributed by atoms with van der Waals surface area (Å²) in [5, 5.41) is 3.41. The van der Waals surface area contributed by atoms with Gasteiger partial charge >= 0.3 is 0 Å². The zero-order valence-electron chi connectivity index (χ0n) is 11.3. The fourth-order valence-corrected chi connectivity index (χ4v) is 2.09. The highest BCUT2D eigenvalue weighted by Crippen LogP contribution is 2.20. The summed E-state index contributed by atoms with van der Waals surface area (Å²) in [7, 11) is 0. The van der Waals surface area contributed by atoms with E-state index in [1.54, 1.807) is 12.1 Å². The Morgan fingerprint density at radius 3 is 2.65 bits per heavy atom. The molecule has 1 atom stereocenters. The van der Waals surface area contributed by atoms with E-state index in [1.165, 1.54) is 0 Å². The normalized spacial score (nSPS) is 11.9. The fourth-order valence-electron chi connectivity index (χ4n) is 1.92. The van der Waals surface area contributed by atoms with Crippen molar-refractivity contribution in [3.63, 3.8) is 0 Å². The van der Waals surface area contributed by atoms with Crippen LogP contribution in [0, 0.1) is 6.92 Å². The second-order valence-electron chi connectivity index (χ2n) is 4.74. The van der Waals surface area contributed by atoms with Gasteiger partial charge in [0, 0.05) is 10.7 Å². The molecule has 0 aromatic heterocycles. The van der Waals surface area contributed by atoms with E-state index in [1.807, 2.05) is 43.3 Å². The molecule has 0 heterocycles. The summed E-state index contributed by atoms with van der Waals surface area (Å²) in [6.07, 6.45) is 0.506. The van der Waals surface area contributed by atoms with Crippen LogP contribution in [0.2, 0.25) is 5.02 Å². The highest BCUT2D eigenvalue weighted by atomic mass is 35.5. The van der Waals surface area contributed by atoms with Crippen LogP contribution >= 0.6 is 11.6 Å². The number of carbonyl (C=O) groups is 1. The molecule has 1 amide bonds. The van der Waals surface area contributed by atoms with Crippen LogP contribution in [0.4, 0.5) is 5.69 Å². The van der Waals surface area contributed by atoms with Gasteiger partial charge in [0.1, 0.15) is 0 Å². The molecule has 2 rings (SSSR count). The Hall–Kier alpha value is -1.84. The summed E-state index contributed by atoms with van der Waals surface area (Å²) in [4.78, 5) is 12.1. The van der Waals surface area contributed by atoms with Crippen LogP contribution in [0.3, 0.4) is 0 Å². The quantitative estimate of drug-likeness (QED) is 0.908. The van der Waals surface area contributed by atoms with Crippen molar-refractivity contribution in [2.75, 3.05) is 5.32 Å². The van der Waals surface area contributed by atoms with Crippen LogP contribution in [0.25, 0.3) is 0 Å². The molecule has 3 N–H and O–H groups in total. The first-order valence-electron chi connectivity index (χ1n) is 6.43. The number of carbonyl (C=O) groups excluding carboxylic acids is 1. The lowest BCUT2D eigenvalue weighted by Gasteiger charge is -2.14. The van der Waals surface area contributed by atoms with E-state index in [2.05, 4.69) is 5.32 Å². The SMILES string of the molecule is Cc1ccc(Cl)cc1NC(=O)C(N)Cc1ccccc1. The van der Waals surface area contributed by atoms with Gasteiger partial charge in [0.15, 0.2) is 0 Å². The predicted molar refractivity (Wildman–Crippen MR) is 82.9 cm³/mol. The lowest BCUT2D eigenvalue weighted by atomic mass is 10.1. The number of rotatable bonds is 4. The first kappa shape index (κ1) is 14.6. The number of amides is 1. The average Bonchev–Trinajstić information content (AvgIpc) is 2.44. The number of aryl methyl sites for hydroxylation is 1. The third-order valence-corrected chi connectivity index (χ3v) is 3.33. The molecular formula is C16H17ClN2O. The minimum atomic E-state index is -0.587. The lowest BCUT2D eigenvalue weighted by Crippen LogP contribution is -2.37. The molecule has 4 heteroatoms. The van der Waals surface area contributed by atoms with Crippen molar-refractivity contribution in [1.29, 1.82) is 0 Å². The molecule has 0 aliphatic heterocycles. The number of benzene rings is 2. The van der Waals surface area contributed by atoms with Gasteiger partial charge in [-0.2, -0.15) is 0 Å². The van der Waals surface area contributed by atoms with Crippen molar-refractivity contribution in [3.8, 4) is 0 Å². The van der Waals surface area contributed by atoms with Gasteiger partial charge in [-0.15, -0.1) is 0 Å². The van der Waals surface area contributed by atoms with E-state index in [9.17, 15) is 4.79 Å². The third kappa shape index (κ3) is 3.83. The van der Waals surface area contributed by atoms with Crippen molar-refractivity contribution < 1.29 is 4.79 Å². The summed E-state index contributed by atoms with van der Waals surface area (Å²) >= 11 is 5.93. The van der Waals surface area contributed by atoms with Crippen molar-refractivity contribution in [2.45, 2.75) is 19.4 Å². The molecular weight excluding hydrogens is 272 g/mol. The maximum Gasteiger partial charge on any atom is 0.241 e. The zero-order valence-corrected chi connectivity index (χ0v) is 12.0. The Balaban J connectivity index is 2.02. The van der Waals surface area contributed by atoms with E-state index < -0.39 is 6.04 Å². The van der Waals surface area contributed by atoms with E-state index in [-0.39, 0.29) is 5.91 Å². The lowest BCUT2D eigenvalue weighted by molar-refractivity contribution is -0.117. The number of hydrogen-bond donors (Lipinski definition) is 2. The van der Waals surface area contributed by atoms with E-state index in [0.717, 1.165) is 11.1 Å². The number of halogens is 1. The van der Waals surface area contributed by atoms with Gasteiger partial charge in [0.05, 0.1) is 6.04 Å². The average molecular weight is 289 g/mol. The second-order valence-corrected chi connectivity index (χ2v) is 5.18. The highest BCUT2D eigenvalue weighted by molar-refractivity contribution is 6.31. The largest absolute Gasteiger partial charge is 0.324 e. The van der Waals surface area contributed by atoms with Crippen molar-refractivity contribution in [3.05, 3.63) is 64.7 Å². The van der Waals surface area contributed by atoms with Gasteiger partial charge in [-0.05, 0) is 36.6 Å². The van der Waals surface area contributed by atoms with Crippen LogP contribution in [0.1, 0.15) is 11.1 Å². The summed E-state index contributed by atoms with van der Waals surface area (Å²) in [6, 6.07) is 14.5. The number of nitrogens with one attached hydrogen (secondary N) is 1. The van der Waals surface area contributed by atoms with Gasteiger partial charge in [0.25, 0.3) is 0 Å². The molecule has 0 bridgehead atoms. The van der Waals surface area contributed by atoms with Crippen molar-refractivity contribution in [2.24, 2.45) is 5.73 Å². The molecule has 104 valence electrons. The van der Waals surface area contributed by atoms with E-state index in [0.29, 0.717) is 17.1 Å². The Kier molecular flexibility index (Phi) is 4.77. The number of anilines is 1. The van der Waals surface area contributed by atoms with Crippen molar-refractivity contribution >= 4 is 23.2 Å². The zero-order chi connectivity index (χ0) is 14.5. The van der Waals surface area contributed by atoms with Crippen LogP contribution < -0.4 is 11.1 Å². The van der Waals surface area contributed by atoms with E-state index in [4.69, 9.17) is 17.3 Å². The van der Waals surface area contributed by atoms with Crippen LogP contribution in [0.15, 0.2) is 48.5 Å². The van der Waals surface area contributed by atoms with Gasteiger partial charge in [-0.3, -0.25) is 4.79 Å². The van der Waals surface area contributed by atoms with Crippen LogP contribution in [-0.4, -0.2) is 11.9 Å². The Morgan fingerprint density at radius 2 is 1.95 bits per heavy atom. The molecule has 0 spiro atoms. The molecule has 1 unspecified atom stereocenters. The molecule has 20 heavy (non-hydrogen) atoms. The molecule has 0 saturated carbocycles. The molecule has 0 radical (unpaired) electrons. The van der Waals surface area contributed by atoms with Gasteiger partial charge in [-0.1, -0.05) is 48.0 Å². The molecule has 2 aromatic carbocycles. The topological polar surface area (TPSA) is 55.1 Å². The Morgan fingerprint density at radius 1 is 1.25 bits per heavy atom. The maximum atomic E-state index is 12.1. The monoisotopic (exact) mass is 288 g/mol. The highest BCUT2D eigenvalue weighted by Gasteiger charge is 2.15. The summed E-state index contributed by atoms with van der Waals surface area (Å²) in [5.41, 5.74) is 8.63. The van der Waals surface area contributed by atoms with Crippen molar-refractivity contribution in [1.82, 2.24) is 0 Å².